The van der Waals surface area contributed by atoms with E-state index in [1.54, 1.807) is 0 Å². The van der Waals surface area contributed by atoms with E-state index in [9.17, 15) is 0 Å². The highest BCUT2D eigenvalue weighted by Gasteiger charge is 2.24. The highest BCUT2D eigenvalue weighted by molar-refractivity contribution is 6.18. The van der Waals surface area contributed by atoms with Crippen molar-refractivity contribution in [2.75, 3.05) is 0 Å². The van der Waals surface area contributed by atoms with Crippen LogP contribution in [0.2, 0.25) is 0 Å². The molecule has 14 aromatic rings. The molecule has 10 aromatic carbocycles. The summed E-state index contributed by atoms with van der Waals surface area (Å²) < 4.78 is 11.7. The minimum absolute atomic E-state index is 0.565. The third-order valence-electron chi connectivity index (χ3n) is 13.4. The second-order valence-corrected chi connectivity index (χ2v) is 17.2. The van der Waals surface area contributed by atoms with Gasteiger partial charge in [0.15, 0.2) is 23.1 Å². The van der Waals surface area contributed by atoms with Gasteiger partial charge in [0, 0.05) is 54.7 Å². The van der Waals surface area contributed by atoms with Crippen LogP contribution in [0.4, 0.5) is 0 Å². The van der Waals surface area contributed by atoms with Crippen molar-refractivity contribution in [3.63, 3.8) is 0 Å². The summed E-state index contributed by atoms with van der Waals surface area (Å²) in [5.74, 6) is 1.74. The van der Waals surface area contributed by atoms with Crippen molar-refractivity contribution >= 4 is 76.3 Å². The Morgan fingerprint density at radius 3 is 1.63 bits per heavy atom. The van der Waals surface area contributed by atoms with E-state index in [1.807, 2.05) is 18.2 Å². The molecule has 0 aliphatic carbocycles. The van der Waals surface area contributed by atoms with E-state index in [1.165, 1.54) is 21.5 Å². The molecule has 0 unspecified atom stereocenters. The maximum Gasteiger partial charge on any atom is 0.164 e. The van der Waals surface area contributed by atoms with Crippen molar-refractivity contribution in [2.45, 2.75) is 0 Å². The zero-order valence-electron chi connectivity index (χ0n) is 36.0. The molecule has 312 valence electrons. The van der Waals surface area contributed by atoms with Gasteiger partial charge in [-0.15, -0.1) is 0 Å². The first-order valence-electron chi connectivity index (χ1n) is 22.6. The topological polar surface area (TPSA) is 61.7 Å². The number of rotatable bonds is 6. The largest absolute Gasteiger partial charge is 0.454 e. The maximum atomic E-state index is 6.97. The van der Waals surface area contributed by atoms with Gasteiger partial charge in [0.2, 0.25) is 0 Å². The fourth-order valence-electron chi connectivity index (χ4n) is 10.3. The van der Waals surface area contributed by atoms with E-state index in [-0.39, 0.29) is 0 Å². The minimum atomic E-state index is 0.565. The molecule has 0 amide bonds. The van der Waals surface area contributed by atoms with E-state index in [0.717, 1.165) is 94.0 Å². The summed E-state index contributed by atoms with van der Waals surface area (Å²) in [6, 6.07) is 79.1. The van der Waals surface area contributed by atoms with Crippen molar-refractivity contribution < 1.29 is 4.42 Å². The van der Waals surface area contributed by atoms with E-state index >= 15 is 0 Å². The first kappa shape index (κ1) is 37.3. The minimum Gasteiger partial charge on any atom is -0.454 e. The number of furan rings is 1. The number of para-hydroxylation sites is 4. The van der Waals surface area contributed by atoms with Gasteiger partial charge in [-0.3, -0.25) is 0 Å². The second-order valence-electron chi connectivity index (χ2n) is 17.2. The normalized spacial score (nSPS) is 11.9. The molecule has 6 nitrogen and oxygen atoms in total. The van der Waals surface area contributed by atoms with Gasteiger partial charge in [-0.2, -0.15) is 0 Å². The van der Waals surface area contributed by atoms with Gasteiger partial charge in [0.1, 0.15) is 5.58 Å². The summed E-state index contributed by atoms with van der Waals surface area (Å²) in [4.78, 5) is 16.0. The molecule has 0 atom stereocenters. The van der Waals surface area contributed by atoms with Crippen LogP contribution in [-0.4, -0.2) is 24.1 Å². The van der Waals surface area contributed by atoms with Crippen LogP contribution >= 0.6 is 0 Å². The summed E-state index contributed by atoms with van der Waals surface area (Å²) in [6.45, 7) is 0. The Kier molecular flexibility index (Phi) is 8.18. The molecule has 0 bridgehead atoms. The summed E-state index contributed by atoms with van der Waals surface area (Å²) in [5.41, 5.74) is 13.0. The molecule has 4 aromatic heterocycles. The van der Waals surface area contributed by atoms with Crippen LogP contribution in [0.25, 0.3) is 133 Å². The summed E-state index contributed by atoms with van der Waals surface area (Å²) in [5, 5.41) is 8.99. The van der Waals surface area contributed by atoms with E-state index in [4.69, 9.17) is 19.4 Å². The number of fused-ring (bicyclic) bond motifs is 10. The van der Waals surface area contributed by atoms with Crippen LogP contribution < -0.4 is 0 Å². The fraction of sp³-hybridized carbons (Fsp3) is 0. The predicted molar refractivity (Wildman–Crippen MR) is 275 cm³/mol. The van der Waals surface area contributed by atoms with Crippen LogP contribution in [0, 0.1) is 0 Å². The van der Waals surface area contributed by atoms with E-state index < -0.39 is 0 Å². The molecule has 0 aliphatic heterocycles. The summed E-state index contributed by atoms with van der Waals surface area (Å²) >= 11 is 0. The van der Waals surface area contributed by atoms with Gasteiger partial charge in [0.05, 0.1) is 27.8 Å². The van der Waals surface area contributed by atoms with Crippen molar-refractivity contribution in [1.29, 1.82) is 0 Å². The first-order valence-corrected chi connectivity index (χ1v) is 22.6. The Morgan fingerprint density at radius 2 is 0.866 bits per heavy atom. The molecular weight excluding hydrogens is 819 g/mol. The lowest BCUT2D eigenvalue weighted by molar-refractivity contribution is 0.666. The second kappa shape index (κ2) is 14.7. The Bertz CT molecular complexity index is 4260. The third-order valence-corrected chi connectivity index (χ3v) is 13.4. The van der Waals surface area contributed by atoms with Crippen LogP contribution in [0.5, 0.6) is 0 Å². The lowest BCUT2D eigenvalue weighted by Gasteiger charge is -2.13. The SMILES string of the molecule is c1ccc(-c2ccc(-c3nc(-c4ccc5c(c4)c4ccccc4n5-c4ccccc4)nc(-c4ccc(-n5c6ccccc6c6cc7ccccc7cc65)c5oc6ccccc6c45)n3)cc2)cc1. The molecule has 0 saturated heterocycles. The fourth-order valence-corrected chi connectivity index (χ4v) is 10.3. The molecule has 0 radical (unpaired) electrons. The Morgan fingerprint density at radius 1 is 0.328 bits per heavy atom. The standard InChI is InChI=1S/C61H37N5O/c1-3-15-38(16-4-1)39-27-29-40(30-28-39)59-62-60(43-31-33-53-49(36-43)45-21-9-12-24-51(45)65(53)44-19-5-2-6-20-44)64-61(63-59)48-32-34-54(58-57(48)47-23-11-14-26-56(47)67-58)66-52-25-13-10-22-46(52)50-35-41-17-7-8-18-42(41)37-55(50)66/h1-37H. The highest BCUT2D eigenvalue weighted by Crippen LogP contribution is 2.43. The van der Waals surface area contributed by atoms with Crippen molar-refractivity contribution in [1.82, 2.24) is 24.1 Å². The number of nitrogens with zero attached hydrogens (tertiary/aromatic N) is 5. The summed E-state index contributed by atoms with van der Waals surface area (Å²) in [6.07, 6.45) is 0. The molecule has 0 aliphatic rings. The molecule has 4 heterocycles. The zero-order chi connectivity index (χ0) is 44.0. The molecular formula is C61H37N5O. The van der Waals surface area contributed by atoms with Gasteiger partial charge >= 0.3 is 0 Å². The first-order chi connectivity index (χ1) is 33.2. The van der Waals surface area contributed by atoms with Gasteiger partial charge in [-0.05, 0) is 94.7 Å². The van der Waals surface area contributed by atoms with E-state index in [2.05, 4.69) is 215 Å². The van der Waals surface area contributed by atoms with Crippen molar-refractivity contribution in [3.8, 4) is 56.7 Å². The van der Waals surface area contributed by atoms with Crippen LogP contribution in [0.15, 0.2) is 229 Å². The van der Waals surface area contributed by atoms with Crippen LogP contribution in [-0.2, 0) is 0 Å². The molecule has 67 heavy (non-hydrogen) atoms. The molecule has 0 saturated carbocycles. The van der Waals surface area contributed by atoms with E-state index in [0.29, 0.717) is 17.5 Å². The molecule has 0 N–H and O–H groups in total. The maximum absolute atomic E-state index is 6.97. The molecule has 14 rings (SSSR count). The van der Waals surface area contributed by atoms with Crippen LogP contribution in [0.3, 0.4) is 0 Å². The molecule has 0 fully saturated rings. The lowest BCUT2D eigenvalue weighted by atomic mass is 10.0. The quantitative estimate of drug-likeness (QED) is 0.167. The summed E-state index contributed by atoms with van der Waals surface area (Å²) in [7, 11) is 0. The van der Waals surface area contributed by atoms with Crippen LogP contribution in [0.1, 0.15) is 0 Å². The number of benzene rings is 10. The third kappa shape index (κ3) is 5.86. The number of hydrogen-bond donors (Lipinski definition) is 0. The average Bonchev–Trinajstić information content (AvgIpc) is 4.06. The van der Waals surface area contributed by atoms with Gasteiger partial charge < -0.3 is 13.6 Å². The Labute approximate surface area is 384 Å². The smallest absolute Gasteiger partial charge is 0.164 e. The van der Waals surface area contributed by atoms with Gasteiger partial charge in [0.25, 0.3) is 0 Å². The average molecular weight is 856 g/mol. The lowest BCUT2D eigenvalue weighted by Crippen LogP contribution is -2.01. The van der Waals surface area contributed by atoms with Gasteiger partial charge in [-0.1, -0.05) is 152 Å². The predicted octanol–water partition coefficient (Wildman–Crippen LogP) is 15.8. The highest BCUT2D eigenvalue weighted by atomic mass is 16.3. The Hall–Kier alpha value is -9.13. The number of aromatic nitrogens is 5. The zero-order valence-corrected chi connectivity index (χ0v) is 36.0. The van der Waals surface area contributed by atoms with Gasteiger partial charge in [-0.25, -0.2) is 15.0 Å². The number of hydrogen-bond acceptors (Lipinski definition) is 4. The molecule has 0 spiro atoms. The molecule has 6 heteroatoms. The van der Waals surface area contributed by atoms with Crippen molar-refractivity contribution in [2.24, 2.45) is 0 Å². The van der Waals surface area contributed by atoms with Crippen molar-refractivity contribution in [3.05, 3.63) is 224 Å². The Balaban J connectivity index is 1.01. The monoisotopic (exact) mass is 855 g/mol.